The second kappa shape index (κ2) is 3.68. The average Bonchev–Trinajstić information content (AvgIpc) is 2.64. The predicted octanol–water partition coefficient (Wildman–Crippen LogP) is 1.72. The lowest BCUT2D eigenvalue weighted by Crippen LogP contribution is -1.99. The molecule has 0 aliphatic rings. The monoisotopic (exact) mass is 207 g/mol. The number of ether oxygens (including phenoxy) is 1. The minimum absolute atomic E-state index is 0.340. The number of benzene rings is 1. The summed E-state index contributed by atoms with van der Waals surface area (Å²) in [5.41, 5.74) is 0.666. The Labute approximate surface area is 86.3 Å². The Balaban J connectivity index is 2.52. The standard InChI is InChI=1S/C10H10FN3O/c1-7-12-6-14(13-7)9-4-3-8(11)5-10(9)15-2/h3-6H,1-2H3. The molecule has 2 aromatic rings. The summed E-state index contributed by atoms with van der Waals surface area (Å²) in [6.07, 6.45) is 1.56. The molecule has 0 N–H and O–H groups in total. The molecule has 1 aromatic heterocycles. The van der Waals surface area contributed by atoms with Gasteiger partial charge < -0.3 is 4.74 Å². The van der Waals surface area contributed by atoms with Crippen LogP contribution in [-0.4, -0.2) is 21.9 Å². The zero-order chi connectivity index (χ0) is 10.8. The van der Waals surface area contributed by atoms with E-state index in [4.69, 9.17) is 4.74 Å². The van der Waals surface area contributed by atoms with E-state index in [1.54, 1.807) is 24.0 Å². The highest BCUT2D eigenvalue weighted by Crippen LogP contribution is 2.22. The molecule has 0 spiro atoms. The second-order valence-corrected chi connectivity index (χ2v) is 3.05. The van der Waals surface area contributed by atoms with Crippen molar-refractivity contribution in [3.63, 3.8) is 0 Å². The van der Waals surface area contributed by atoms with Gasteiger partial charge in [-0.15, -0.1) is 0 Å². The molecule has 1 aromatic carbocycles. The van der Waals surface area contributed by atoms with E-state index in [2.05, 4.69) is 10.1 Å². The van der Waals surface area contributed by atoms with E-state index in [-0.39, 0.29) is 5.82 Å². The van der Waals surface area contributed by atoms with Gasteiger partial charge in [0.2, 0.25) is 0 Å². The van der Waals surface area contributed by atoms with Gasteiger partial charge in [-0.05, 0) is 19.1 Å². The third-order valence-corrected chi connectivity index (χ3v) is 1.99. The van der Waals surface area contributed by atoms with Crippen molar-refractivity contribution in [3.8, 4) is 11.4 Å². The highest BCUT2D eigenvalue weighted by molar-refractivity contribution is 5.45. The van der Waals surface area contributed by atoms with Gasteiger partial charge in [-0.1, -0.05) is 0 Å². The lowest BCUT2D eigenvalue weighted by atomic mass is 10.3. The maximum Gasteiger partial charge on any atom is 0.147 e. The molecule has 0 unspecified atom stereocenters. The number of rotatable bonds is 2. The van der Waals surface area contributed by atoms with Gasteiger partial charge in [0.1, 0.15) is 29.4 Å². The van der Waals surface area contributed by atoms with Gasteiger partial charge in [0.25, 0.3) is 0 Å². The van der Waals surface area contributed by atoms with Crippen LogP contribution in [0, 0.1) is 12.7 Å². The van der Waals surface area contributed by atoms with Gasteiger partial charge >= 0.3 is 0 Å². The molecule has 0 atom stereocenters. The molecule has 0 saturated carbocycles. The van der Waals surface area contributed by atoms with E-state index in [9.17, 15) is 4.39 Å². The summed E-state index contributed by atoms with van der Waals surface area (Å²) in [6, 6.07) is 4.27. The Bertz CT molecular complexity index is 481. The fraction of sp³-hybridized carbons (Fsp3) is 0.200. The molecule has 0 saturated heterocycles. The van der Waals surface area contributed by atoms with E-state index in [1.165, 1.54) is 19.2 Å². The molecule has 0 bridgehead atoms. The largest absolute Gasteiger partial charge is 0.494 e. The van der Waals surface area contributed by atoms with E-state index in [1.807, 2.05) is 0 Å². The Morgan fingerprint density at radius 3 is 2.80 bits per heavy atom. The van der Waals surface area contributed by atoms with Crippen molar-refractivity contribution in [3.05, 3.63) is 36.2 Å². The number of hydrogen-bond donors (Lipinski definition) is 0. The van der Waals surface area contributed by atoms with Crippen LogP contribution in [0.5, 0.6) is 5.75 Å². The van der Waals surface area contributed by atoms with Crippen LogP contribution >= 0.6 is 0 Å². The van der Waals surface area contributed by atoms with Crippen LogP contribution in [0.25, 0.3) is 5.69 Å². The third-order valence-electron chi connectivity index (χ3n) is 1.99. The molecule has 5 heteroatoms. The number of aryl methyl sites for hydroxylation is 1. The molecular weight excluding hydrogens is 197 g/mol. The maximum absolute atomic E-state index is 12.9. The van der Waals surface area contributed by atoms with E-state index in [0.29, 0.717) is 17.3 Å². The average molecular weight is 207 g/mol. The molecule has 4 nitrogen and oxygen atoms in total. The molecule has 0 radical (unpaired) electrons. The smallest absolute Gasteiger partial charge is 0.147 e. The molecule has 78 valence electrons. The number of hydrogen-bond acceptors (Lipinski definition) is 3. The summed E-state index contributed by atoms with van der Waals surface area (Å²) in [7, 11) is 1.49. The third kappa shape index (κ3) is 1.81. The fourth-order valence-electron chi connectivity index (χ4n) is 1.30. The van der Waals surface area contributed by atoms with Crippen LogP contribution in [0.3, 0.4) is 0 Å². The topological polar surface area (TPSA) is 39.9 Å². The van der Waals surface area contributed by atoms with Crippen molar-refractivity contribution in [1.82, 2.24) is 14.8 Å². The van der Waals surface area contributed by atoms with Crippen LogP contribution in [0.1, 0.15) is 5.82 Å². The molecule has 0 aliphatic heterocycles. The van der Waals surface area contributed by atoms with Crippen molar-refractivity contribution >= 4 is 0 Å². The molecular formula is C10H10FN3O. The molecule has 2 rings (SSSR count). The van der Waals surface area contributed by atoms with Crippen molar-refractivity contribution in [1.29, 1.82) is 0 Å². The normalized spacial score (nSPS) is 10.3. The molecule has 0 fully saturated rings. The highest BCUT2D eigenvalue weighted by atomic mass is 19.1. The summed E-state index contributed by atoms with van der Waals surface area (Å²) >= 11 is 0. The lowest BCUT2D eigenvalue weighted by molar-refractivity contribution is 0.408. The zero-order valence-corrected chi connectivity index (χ0v) is 8.44. The highest BCUT2D eigenvalue weighted by Gasteiger charge is 2.07. The van der Waals surface area contributed by atoms with Gasteiger partial charge in [0, 0.05) is 6.07 Å². The van der Waals surface area contributed by atoms with Gasteiger partial charge in [-0.2, -0.15) is 5.10 Å². The SMILES string of the molecule is COc1cc(F)ccc1-n1cnc(C)n1. The number of halogens is 1. The van der Waals surface area contributed by atoms with Crippen molar-refractivity contribution in [2.45, 2.75) is 6.92 Å². The molecule has 0 aliphatic carbocycles. The quantitative estimate of drug-likeness (QED) is 0.752. The minimum atomic E-state index is -0.340. The number of nitrogens with zero attached hydrogens (tertiary/aromatic N) is 3. The van der Waals surface area contributed by atoms with Crippen molar-refractivity contribution in [2.75, 3.05) is 7.11 Å². The van der Waals surface area contributed by atoms with Crippen LogP contribution < -0.4 is 4.74 Å². The fourth-order valence-corrected chi connectivity index (χ4v) is 1.30. The van der Waals surface area contributed by atoms with Crippen LogP contribution in [0.2, 0.25) is 0 Å². The Kier molecular flexibility index (Phi) is 2.37. The second-order valence-electron chi connectivity index (χ2n) is 3.05. The Morgan fingerprint density at radius 2 is 2.20 bits per heavy atom. The lowest BCUT2D eigenvalue weighted by Gasteiger charge is -2.07. The van der Waals surface area contributed by atoms with Crippen molar-refractivity contribution in [2.24, 2.45) is 0 Å². The minimum Gasteiger partial charge on any atom is -0.494 e. The first-order chi connectivity index (χ1) is 7.20. The summed E-state index contributed by atoms with van der Waals surface area (Å²) < 4.78 is 19.5. The Morgan fingerprint density at radius 1 is 1.40 bits per heavy atom. The van der Waals surface area contributed by atoms with E-state index in [0.717, 1.165) is 0 Å². The van der Waals surface area contributed by atoms with Crippen LogP contribution in [0.4, 0.5) is 4.39 Å². The molecule has 1 heterocycles. The van der Waals surface area contributed by atoms with Gasteiger partial charge in [-0.25, -0.2) is 14.1 Å². The first kappa shape index (κ1) is 9.64. The number of aromatic nitrogens is 3. The van der Waals surface area contributed by atoms with Crippen LogP contribution in [0.15, 0.2) is 24.5 Å². The first-order valence-corrected chi connectivity index (χ1v) is 4.43. The summed E-state index contributed by atoms with van der Waals surface area (Å²) in [4.78, 5) is 3.99. The summed E-state index contributed by atoms with van der Waals surface area (Å²) in [5.74, 6) is 0.744. The first-order valence-electron chi connectivity index (χ1n) is 4.43. The predicted molar refractivity (Wildman–Crippen MR) is 52.6 cm³/mol. The van der Waals surface area contributed by atoms with Crippen molar-refractivity contribution < 1.29 is 9.13 Å². The van der Waals surface area contributed by atoms with E-state index >= 15 is 0 Å². The number of methoxy groups -OCH3 is 1. The van der Waals surface area contributed by atoms with E-state index < -0.39 is 0 Å². The molecule has 0 amide bonds. The van der Waals surface area contributed by atoms with Gasteiger partial charge in [0.15, 0.2) is 0 Å². The summed E-state index contributed by atoms with van der Waals surface area (Å²) in [5, 5.41) is 4.12. The zero-order valence-electron chi connectivity index (χ0n) is 8.44. The Hall–Kier alpha value is -1.91. The van der Waals surface area contributed by atoms with Gasteiger partial charge in [0.05, 0.1) is 7.11 Å². The molecule has 15 heavy (non-hydrogen) atoms. The van der Waals surface area contributed by atoms with Gasteiger partial charge in [-0.3, -0.25) is 0 Å². The maximum atomic E-state index is 12.9. The van der Waals surface area contributed by atoms with Crippen LogP contribution in [-0.2, 0) is 0 Å². The summed E-state index contributed by atoms with van der Waals surface area (Å²) in [6.45, 7) is 1.78.